The lowest BCUT2D eigenvalue weighted by atomic mass is 10.1. The van der Waals surface area contributed by atoms with Gasteiger partial charge < -0.3 is 20.7 Å². The molecule has 12 nitrogen and oxygen atoms in total. The van der Waals surface area contributed by atoms with Crippen LogP contribution in [0.3, 0.4) is 0 Å². The minimum absolute atomic E-state index is 0.0107. The molecule has 0 bridgehead atoms. The normalized spacial score (nSPS) is 13.7. The number of hydrogen-bond acceptors (Lipinski definition) is 9. The number of H-pyrrole nitrogens is 1. The molecule has 0 unspecified atom stereocenters. The molecule has 2 aromatic heterocycles. The number of halogens is 1. The van der Waals surface area contributed by atoms with E-state index in [2.05, 4.69) is 36.1 Å². The second-order valence-corrected chi connectivity index (χ2v) is 11.3. The van der Waals surface area contributed by atoms with Crippen molar-refractivity contribution >= 4 is 55.8 Å². The number of benzene rings is 3. The van der Waals surface area contributed by atoms with Gasteiger partial charge in [0.05, 0.1) is 28.5 Å². The van der Waals surface area contributed by atoms with E-state index in [0.29, 0.717) is 17.1 Å². The number of rotatable bonds is 5. The molecule has 0 aliphatic carbocycles. The van der Waals surface area contributed by atoms with Crippen molar-refractivity contribution in [3.05, 3.63) is 84.4 Å². The van der Waals surface area contributed by atoms with E-state index in [9.17, 15) is 17.6 Å². The molecule has 0 radical (unpaired) electrons. The molecule has 1 amide bonds. The summed E-state index contributed by atoms with van der Waals surface area (Å²) in [4.78, 5) is 20.3. The Morgan fingerprint density at radius 2 is 1.69 bits per heavy atom. The van der Waals surface area contributed by atoms with Gasteiger partial charge in [-0.15, -0.1) is 0 Å². The number of aromatic nitrogens is 4. The van der Waals surface area contributed by atoms with Gasteiger partial charge in [0.1, 0.15) is 5.75 Å². The highest BCUT2D eigenvalue weighted by Crippen LogP contribution is 2.36. The van der Waals surface area contributed by atoms with Gasteiger partial charge in [-0.05, 0) is 69.3 Å². The van der Waals surface area contributed by atoms with Crippen LogP contribution < -0.4 is 20.7 Å². The summed E-state index contributed by atoms with van der Waals surface area (Å²) in [6.45, 7) is 5.21. The van der Waals surface area contributed by atoms with E-state index in [1.54, 1.807) is 50.4 Å². The maximum atomic E-state index is 14.3. The number of hydrogen-bond donors (Lipinski definition) is 5. The first-order valence-electron chi connectivity index (χ1n) is 12.6. The monoisotopic (exact) mass is 591 g/mol. The topological polar surface area (TPSA) is 171 Å². The Morgan fingerprint density at radius 3 is 2.43 bits per heavy atom. The van der Waals surface area contributed by atoms with Crippen LogP contribution in [0.1, 0.15) is 19.4 Å². The number of aryl methyl sites for hydroxylation is 1. The van der Waals surface area contributed by atoms with Crippen LogP contribution in [0.4, 0.5) is 33.2 Å². The third kappa shape index (κ3) is 6.45. The van der Waals surface area contributed by atoms with Gasteiger partial charge in [-0.25, -0.2) is 9.37 Å². The van der Waals surface area contributed by atoms with Crippen molar-refractivity contribution in [2.45, 2.75) is 31.3 Å². The Labute approximate surface area is 240 Å². The molecule has 0 fully saturated rings. The molecule has 5 aromatic rings. The second kappa shape index (κ2) is 11.1. The fourth-order valence-electron chi connectivity index (χ4n) is 3.89. The maximum absolute atomic E-state index is 14.3. The Kier molecular flexibility index (Phi) is 7.49. The van der Waals surface area contributed by atoms with Gasteiger partial charge >= 0.3 is 0 Å². The summed E-state index contributed by atoms with van der Waals surface area (Å²) in [7, 11) is -4.02. The highest BCUT2D eigenvalue weighted by Gasteiger charge is 2.35. The zero-order chi connectivity index (χ0) is 30.1. The van der Waals surface area contributed by atoms with Crippen molar-refractivity contribution in [2.24, 2.45) is 0 Å². The van der Waals surface area contributed by atoms with Crippen LogP contribution in [-0.2, 0) is 14.9 Å². The molecule has 1 aliphatic rings. The van der Waals surface area contributed by atoms with Gasteiger partial charge in [0.15, 0.2) is 17.2 Å². The predicted octanol–water partition coefficient (Wildman–Crippen LogP) is 5.33. The van der Waals surface area contributed by atoms with Gasteiger partial charge in [0, 0.05) is 16.8 Å². The van der Waals surface area contributed by atoms with E-state index in [0.717, 1.165) is 28.4 Å². The van der Waals surface area contributed by atoms with Crippen molar-refractivity contribution in [1.82, 2.24) is 20.2 Å². The Balaban J connectivity index is 0.000000271. The summed E-state index contributed by atoms with van der Waals surface area (Å²) in [5, 5.41) is 16.6. The van der Waals surface area contributed by atoms with Crippen LogP contribution >= 0.6 is 0 Å². The summed E-state index contributed by atoms with van der Waals surface area (Å²) in [6.07, 6.45) is 2.81. The molecule has 3 aromatic carbocycles. The average Bonchev–Trinajstić information content (AvgIpc) is 3.39. The summed E-state index contributed by atoms with van der Waals surface area (Å²) in [5.74, 6) is -0.128. The molecule has 0 atom stereocenters. The lowest BCUT2D eigenvalue weighted by molar-refractivity contribution is -0.129. The van der Waals surface area contributed by atoms with Gasteiger partial charge in [0.2, 0.25) is 5.95 Å². The van der Waals surface area contributed by atoms with Gasteiger partial charge in [-0.3, -0.25) is 14.4 Å². The average molecular weight is 592 g/mol. The molecule has 216 valence electrons. The van der Waals surface area contributed by atoms with Gasteiger partial charge in [0.25, 0.3) is 16.0 Å². The number of aromatic amines is 1. The van der Waals surface area contributed by atoms with Crippen LogP contribution in [0.5, 0.6) is 5.75 Å². The van der Waals surface area contributed by atoms with E-state index in [1.165, 1.54) is 12.1 Å². The first-order chi connectivity index (χ1) is 19.9. The molecular weight excluding hydrogens is 565 g/mol. The first kappa shape index (κ1) is 28.4. The van der Waals surface area contributed by atoms with Crippen molar-refractivity contribution in [1.29, 1.82) is 0 Å². The molecule has 3 heterocycles. The number of carbonyl (C=O) groups excluding carboxylic acids is 1. The smallest absolute Gasteiger partial charge is 0.294 e. The number of amides is 1. The number of carbonyl (C=O) groups is 1. The number of ether oxygens (including phenoxy) is 1. The van der Waals surface area contributed by atoms with Crippen molar-refractivity contribution < 1.29 is 26.9 Å². The number of nitrogens with one attached hydrogen (secondary N) is 4. The third-order valence-electron chi connectivity index (χ3n) is 6.16. The van der Waals surface area contributed by atoms with Gasteiger partial charge in [-0.1, -0.05) is 17.7 Å². The number of fused-ring (bicyclic) bond motifs is 2. The number of anilines is 5. The molecule has 5 N–H and O–H groups in total. The zero-order valence-corrected chi connectivity index (χ0v) is 23.5. The minimum Gasteiger partial charge on any atom is -0.476 e. The molecular formula is C28H26FN7O5S. The Morgan fingerprint density at radius 1 is 0.976 bits per heavy atom. The minimum atomic E-state index is -4.02. The zero-order valence-electron chi connectivity index (χ0n) is 22.6. The molecule has 1 aliphatic heterocycles. The highest BCUT2D eigenvalue weighted by molar-refractivity contribution is 7.85. The fourth-order valence-corrected chi connectivity index (χ4v) is 4.37. The summed E-state index contributed by atoms with van der Waals surface area (Å²) < 4.78 is 49.6. The predicted molar refractivity (Wildman–Crippen MR) is 155 cm³/mol. The van der Waals surface area contributed by atoms with Crippen LogP contribution in [0.2, 0.25) is 0 Å². The van der Waals surface area contributed by atoms with E-state index in [4.69, 9.17) is 9.29 Å². The molecule has 14 heteroatoms. The van der Waals surface area contributed by atoms with E-state index in [-0.39, 0.29) is 22.6 Å². The Hall–Kier alpha value is -5.08. The molecule has 0 spiro atoms. The maximum Gasteiger partial charge on any atom is 0.294 e. The second-order valence-electron chi connectivity index (χ2n) is 9.88. The molecule has 42 heavy (non-hydrogen) atoms. The van der Waals surface area contributed by atoms with E-state index in [1.807, 2.05) is 25.1 Å². The Bertz CT molecular complexity index is 1890. The molecule has 0 saturated carbocycles. The summed E-state index contributed by atoms with van der Waals surface area (Å²) >= 11 is 0. The van der Waals surface area contributed by atoms with Gasteiger partial charge in [-0.2, -0.15) is 18.5 Å². The van der Waals surface area contributed by atoms with E-state index < -0.39 is 21.5 Å². The fraction of sp³-hybridized carbons (Fsp3) is 0.143. The first-order valence-corrected chi connectivity index (χ1v) is 14.0. The quantitative estimate of drug-likeness (QED) is 0.168. The van der Waals surface area contributed by atoms with E-state index >= 15 is 0 Å². The van der Waals surface area contributed by atoms with Crippen LogP contribution in [0.25, 0.3) is 10.9 Å². The molecule has 0 saturated heterocycles. The standard InChI is InChI=1S/C21H18FN7O2.C7H8O3S/c1-21(2)19(30)27-16-8-12(5-6-17(16)31-21)25-18-14(22)10-23-20(28-18)26-13-4-3-11-9-24-29-15(11)7-13;1-6-2-4-7(5-3-6)11(8,9)10/h3-10H,1-2H3,(H,24,29)(H,27,30)(H2,23,25,26,28);2-5H,1H3,(H,8,9,10). The van der Waals surface area contributed by atoms with Crippen LogP contribution in [0, 0.1) is 12.7 Å². The lowest BCUT2D eigenvalue weighted by Gasteiger charge is -2.31. The van der Waals surface area contributed by atoms with Crippen LogP contribution in [0.15, 0.2) is 78.0 Å². The van der Waals surface area contributed by atoms with Crippen molar-refractivity contribution in [3.8, 4) is 5.75 Å². The summed E-state index contributed by atoms with van der Waals surface area (Å²) in [5.41, 5.74) is 2.61. The SMILES string of the molecule is CC1(C)Oc2ccc(Nc3nc(Nc4ccc5cn[nH]c5c4)ncc3F)cc2NC1=O.Cc1ccc(S(=O)(=O)O)cc1. The largest absolute Gasteiger partial charge is 0.476 e. The lowest BCUT2D eigenvalue weighted by Crippen LogP contribution is -2.45. The van der Waals surface area contributed by atoms with Crippen molar-refractivity contribution in [2.75, 3.05) is 16.0 Å². The van der Waals surface area contributed by atoms with Crippen LogP contribution in [-0.4, -0.2) is 44.6 Å². The third-order valence-corrected chi connectivity index (χ3v) is 7.03. The number of nitrogens with zero attached hydrogens (tertiary/aromatic N) is 3. The summed E-state index contributed by atoms with van der Waals surface area (Å²) in [6, 6.07) is 16.7. The van der Waals surface area contributed by atoms with Crippen molar-refractivity contribution in [3.63, 3.8) is 0 Å². The molecule has 6 rings (SSSR count). The highest BCUT2D eigenvalue weighted by atomic mass is 32.2.